The summed E-state index contributed by atoms with van der Waals surface area (Å²) in [7, 11) is 3.11. The van der Waals surface area contributed by atoms with Crippen LogP contribution in [-0.4, -0.2) is 26.7 Å². The molecular formula is C20H21NO5. The van der Waals surface area contributed by atoms with Gasteiger partial charge in [-0.25, -0.2) is 0 Å². The number of fused-ring (bicyclic) bond motifs is 1. The topological polar surface area (TPSA) is 69.9 Å². The van der Waals surface area contributed by atoms with E-state index in [0.717, 1.165) is 11.0 Å². The van der Waals surface area contributed by atoms with Gasteiger partial charge < -0.3 is 23.9 Å². The number of furan rings is 1. The Bertz CT molecular complexity index is 847. The quantitative estimate of drug-likeness (QED) is 0.700. The number of nitrogens with one attached hydrogen (secondary N) is 1. The predicted octanol–water partition coefficient (Wildman–Crippen LogP) is 3.71. The maximum Gasteiger partial charge on any atom is 0.258 e. The van der Waals surface area contributed by atoms with Gasteiger partial charge in [0.05, 0.1) is 20.3 Å². The summed E-state index contributed by atoms with van der Waals surface area (Å²) in [6, 6.07) is 14.5. The van der Waals surface area contributed by atoms with E-state index in [1.807, 2.05) is 37.3 Å². The first-order chi connectivity index (χ1) is 12.6. The second-order valence-electron chi connectivity index (χ2n) is 5.81. The van der Waals surface area contributed by atoms with Gasteiger partial charge in [-0.2, -0.15) is 0 Å². The van der Waals surface area contributed by atoms with Crippen LogP contribution in [0.2, 0.25) is 0 Å². The van der Waals surface area contributed by atoms with Crippen molar-refractivity contribution in [1.82, 2.24) is 5.32 Å². The number of carbonyl (C=O) groups excluding carboxylic acids is 1. The van der Waals surface area contributed by atoms with Crippen molar-refractivity contribution in [3.63, 3.8) is 0 Å². The van der Waals surface area contributed by atoms with Gasteiger partial charge in [-0.3, -0.25) is 4.79 Å². The second-order valence-corrected chi connectivity index (χ2v) is 5.81. The van der Waals surface area contributed by atoms with Crippen molar-refractivity contribution in [2.24, 2.45) is 0 Å². The van der Waals surface area contributed by atoms with Gasteiger partial charge in [0.1, 0.15) is 28.6 Å². The third kappa shape index (κ3) is 4.08. The third-order valence-corrected chi connectivity index (χ3v) is 3.94. The summed E-state index contributed by atoms with van der Waals surface area (Å²) in [5.41, 5.74) is 0.795. The molecule has 2 aromatic carbocycles. The molecule has 1 amide bonds. The highest BCUT2D eigenvalue weighted by atomic mass is 16.5. The van der Waals surface area contributed by atoms with Gasteiger partial charge in [0.2, 0.25) is 0 Å². The average Bonchev–Trinajstić information content (AvgIpc) is 3.10. The lowest BCUT2D eigenvalue weighted by Gasteiger charge is -2.13. The minimum absolute atomic E-state index is 0.124. The molecule has 0 aliphatic carbocycles. The molecule has 0 radical (unpaired) electrons. The van der Waals surface area contributed by atoms with E-state index in [4.69, 9.17) is 18.6 Å². The van der Waals surface area contributed by atoms with Crippen molar-refractivity contribution >= 4 is 16.9 Å². The molecule has 136 valence electrons. The minimum atomic E-state index is -0.265. The molecule has 0 saturated carbocycles. The maximum atomic E-state index is 12.2. The molecule has 0 bridgehead atoms. The Morgan fingerprint density at radius 1 is 1.04 bits per heavy atom. The molecule has 0 unspecified atom stereocenters. The minimum Gasteiger partial charge on any atom is -0.496 e. The van der Waals surface area contributed by atoms with Crippen molar-refractivity contribution in [3.8, 4) is 17.2 Å². The fourth-order valence-electron chi connectivity index (χ4n) is 2.58. The molecule has 6 heteroatoms. The number of methoxy groups -OCH3 is 2. The van der Waals surface area contributed by atoms with Crippen LogP contribution in [0.1, 0.15) is 18.7 Å². The van der Waals surface area contributed by atoms with E-state index in [0.29, 0.717) is 23.0 Å². The second kappa shape index (κ2) is 7.82. The fourth-order valence-corrected chi connectivity index (χ4v) is 2.58. The summed E-state index contributed by atoms with van der Waals surface area (Å²) in [5, 5.41) is 3.87. The molecule has 0 aliphatic rings. The van der Waals surface area contributed by atoms with Crippen LogP contribution >= 0.6 is 0 Å². The van der Waals surface area contributed by atoms with Crippen LogP contribution in [0, 0.1) is 0 Å². The number of ether oxygens (including phenoxy) is 3. The van der Waals surface area contributed by atoms with Crippen molar-refractivity contribution in [1.29, 1.82) is 0 Å². The van der Waals surface area contributed by atoms with E-state index in [1.54, 1.807) is 32.4 Å². The Balaban J connectivity index is 1.60. The van der Waals surface area contributed by atoms with E-state index >= 15 is 0 Å². The van der Waals surface area contributed by atoms with Crippen molar-refractivity contribution in [2.45, 2.75) is 13.0 Å². The molecule has 3 aromatic rings. The number of amides is 1. The molecule has 0 aliphatic heterocycles. The van der Waals surface area contributed by atoms with Gasteiger partial charge in [0.25, 0.3) is 5.91 Å². The Kier molecular flexibility index (Phi) is 5.31. The Morgan fingerprint density at radius 2 is 1.69 bits per heavy atom. The highest BCUT2D eigenvalue weighted by Gasteiger charge is 2.15. The average molecular weight is 355 g/mol. The van der Waals surface area contributed by atoms with Gasteiger partial charge >= 0.3 is 0 Å². The molecule has 0 spiro atoms. The molecule has 1 N–H and O–H groups in total. The first kappa shape index (κ1) is 17.7. The zero-order valence-corrected chi connectivity index (χ0v) is 14.9. The molecule has 1 heterocycles. The Hall–Kier alpha value is -3.15. The normalized spacial score (nSPS) is 11.8. The van der Waals surface area contributed by atoms with Crippen molar-refractivity contribution < 1.29 is 23.4 Å². The predicted molar refractivity (Wildman–Crippen MR) is 97.8 cm³/mol. The van der Waals surface area contributed by atoms with Crippen LogP contribution < -0.4 is 19.5 Å². The van der Waals surface area contributed by atoms with E-state index in [2.05, 4.69) is 5.32 Å². The molecule has 26 heavy (non-hydrogen) atoms. The number of hydrogen-bond acceptors (Lipinski definition) is 5. The molecular weight excluding hydrogens is 334 g/mol. The van der Waals surface area contributed by atoms with Gasteiger partial charge in [-0.1, -0.05) is 18.2 Å². The first-order valence-electron chi connectivity index (χ1n) is 8.22. The number of carbonyl (C=O) groups is 1. The molecule has 6 nitrogen and oxygen atoms in total. The van der Waals surface area contributed by atoms with E-state index < -0.39 is 0 Å². The molecule has 1 atom stereocenters. The number of hydrogen-bond donors (Lipinski definition) is 1. The monoisotopic (exact) mass is 355 g/mol. The standard InChI is InChI=1S/C20H21NO5/c1-13(19-8-14-6-4-5-7-18(14)26-19)21-20(22)12-25-17-10-15(23-2)9-16(11-17)24-3/h4-11,13H,12H2,1-3H3,(H,21,22)/t13-/m0/s1. The Morgan fingerprint density at radius 3 is 2.35 bits per heavy atom. The molecule has 0 saturated heterocycles. The largest absolute Gasteiger partial charge is 0.496 e. The summed E-state index contributed by atoms with van der Waals surface area (Å²) in [4.78, 5) is 12.2. The highest BCUT2D eigenvalue weighted by Crippen LogP contribution is 2.27. The summed E-state index contributed by atoms with van der Waals surface area (Å²) in [6.07, 6.45) is 0. The van der Waals surface area contributed by atoms with Gasteiger partial charge in [0, 0.05) is 23.6 Å². The van der Waals surface area contributed by atoms with Crippen LogP contribution in [-0.2, 0) is 4.79 Å². The van der Waals surface area contributed by atoms with Crippen LogP contribution in [0.3, 0.4) is 0 Å². The van der Waals surface area contributed by atoms with E-state index in [-0.39, 0.29) is 18.6 Å². The number of benzene rings is 2. The molecule has 0 fully saturated rings. The molecule has 3 rings (SSSR count). The SMILES string of the molecule is COc1cc(OC)cc(OCC(=O)N[C@@H](C)c2cc3ccccc3o2)c1. The highest BCUT2D eigenvalue weighted by molar-refractivity contribution is 5.79. The zero-order valence-electron chi connectivity index (χ0n) is 14.9. The lowest BCUT2D eigenvalue weighted by Crippen LogP contribution is -2.31. The van der Waals surface area contributed by atoms with Gasteiger partial charge in [0.15, 0.2) is 6.61 Å². The lowest BCUT2D eigenvalue weighted by molar-refractivity contribution is -0.123. The van der Waals surface area contributed by atoms with E-state index in [1.165, 1.54) is 0 Å². The Labute approximate surface area is 151 Å². The first-order valence-corrected chi connectivity index (χ1v) is 8.22. The van der Waals surface area contributed by atoms with Crippen LogP contribution in [0.15, 0.2) is 52.9 Å². The van der Waals surface area contributed by atoms with E-state index in [9.17, 15) is 4.79 Å². The number of rotatable bonds is 7. The summed E-state index contributed by atoms with van der Waals surface area (Å²) in [5.74, 6) is 2.13. The lowest BCUT2D eigenvalue weighted by atomic mass is 10.2. The zero-order chi connectivity index (χ0) is 18.5. The smallest absolute Gasteiger partial charge is 0.258 e. The van der Waals surface area contributed by atoms with Crippen LogP contribution in [0.4, 0.5) is 0 Å². The third-order valence-electron chi connectivity index (χ3n) is 3.94. The van der Waals surface area contributed by atoms with Crippen LogP contribution in [0.25, 0.3) is 11.0 Å². The van der Waals surface area contributed by atoms with Gasteiger partial charge in [-0.05, 0) is 19.1 Å². The summed E-state index contributed by atoms with van der Waals surface area (Å²) >= 11 is 0. The van der Waals surface area contributed by atoms with Crippen molar-refractivity contribution in [3.05, 3.63) is 54.3 Å². The maximum absolute atomic E-state index is 12.2. The van der Waals surface area contributed by atoms with Crippen molar-refractivity contribution in [2.75, 3.05) is 20.8 Å². The molecule has 1 aromatic heterocycles. The number of para-hydroxylation sites is 1. The van der Waals surface area contributed by atoms with Crippen LogP contribution in [0.5, 0.6) is 17.2 Å². The summed E-state index contributed by atoms with van der Waals surface area (Å²) < 4.78 is 21.7. The van der Waals surface area contributed by atoms with Gasteiger partial charge in [-0.15, -0.1) is 0 Å². The fraction of sp³-hybridized carbons (Fsp3) is 0.250. The summed E-state index contributed by atoms with van der Waals surface area (Å²) in [6.45, 7) is 1.74.